The Labute approximate surface area is 142 Å². The summed E-state index contributed by atoms with van der Waals surface area (Å²) in [6, 6.07) is 5.35. The quantitative estimate of drug-likeness (QED) is 0.835. The van der Waals surface area contributed by atoms with Crippen LogP contribution in [0.3, 0.4) is 0 Å². The first-order chi connectivity index (χ1) is 10.1. The first-order valence-corrected chi connectivity index (χ1v) is 7.57. The number of halogens is 2. The van der Waals surface area contributed by atoms with Gasteiger partial charge >= 0.3 is 0 Å². The number of rotatable bonds is 2. The minimum atomic E-state index is -0.190. The van der Waals surface area contributed by atoms with Crippen molar-refractivity contribution in [2.75, 3.05) is 26.2 Å². The molecule has 0 saturated carbocycles. The van der Waals surface area contributed by atoms with Crippen molar-refractivity contribution in [2.24, 2.45) is 0 Å². The Kier molecular flexibility index (Phi) is 5.55. The van der Waals surface area contributed by atoms with Crippen molar-refractivity contribution in [3.63, 3.8) is 0 Å². The second-order valence-electron chi connectivity index (χ2n) is 4.97. The van der Waals surface area contributed by atoms with Gasteiger partial charge in [-0.05, 0) is 18.2 Å². The first kappa shape index (κ1) is 16.9. The molecule has 1 aromatic carbocycles. The van der Waals surface area contributed by atoms with Crippen LogP contribution in [-0.4, -0.2) is 46.5 Å². The number of hydrogen-bond acceptors (Lipinski definition) is 4. The second-order valence-corrected chi connectivity index (χ2v) is 5.89. The highest BCUT2D eigenvalue weighted by atomic mass is 79.9. The van der Waals surface area contributed by atoms with Gasteiger partial charge in [0.25, 0.3) is 5.56 Å². The molecule has 0 unspecified atom stereocenters. The standard InChI is InChI=1S/C14H15BrN4O2.ClH/c15-10-1-2-12-11(7-10)14(21)19(9-17-12)8-13(20)18-5-3-16-4-6-18;/h1-2,7,9,16H,3-6,8H2;1H. The van der Waals surface area contributed by atoms with E-state index in [1.165, 1.54) is 10.9 Å². The predicted molar refractivity (Wildman–Crippen MR) is 90.4 cm³/mol. The summed E-state index contributed by atoms with van der Waals surface area (Å²) in [6.45, 7) is 2.99. The minimum absolute atomic E-state index is 0. The van der Waals surface area contributed by atoms with Crippen LogP contribution in [0.15, 0.2) is 33.8 Å². The zero-order valence-electron chi connectivity index (χ0n) is 11.8. The molecule has 3 rings (SSSR count). The molecule has 1 saturated heterocycles. The Morgan fingerprint density at radius 2 is 2.05 bits per heavy atom. The van der Waals surface area contributed by atoms with E-state index >= 15 is 0 Å². The number of nitrogens with zero attached hydrogens (tertiary/aromatic N) is 3. The summed E-state index contributed by atoms with van der Waals surface area (Å²) in [4.78, 5) is 30.7. The maximum atomic E-state index is 12.4. The van der Waals surface area contributed by atoms with E-state index in [2.05, 4.69) is 26.2 Å². The highest BCUT2D eigenvalue weighted by Crippen LogP contribution is 2.14. The maximum Gasteiger partial charge on any atom is 0.261 e. The molecule has 0 bridgehead atoms. The molecule has 1 N–H and O–H groups in total. The van der Waals surface area contributed by atoms with Crippen molar-refractivity contribution < 1.29 is 4.79 Å². The number of piperazine rings is 1. The number of nitrogens with one attached hydrogen (secondary N) is 1. The van der Waals surface area contributed by atoms with Crippen LogP contribution in [-0.2, 0) is 11.3 Å². The monoisotopic (exact) mass is 386 g/mol. The Hall–Kier alpha value is -1.44. The molecule has 22 heavy (non-hydrogen) atoms. The fourth-order valence-electron chi connectivity index (χ4n) is 2.40. The number of carbonyl (C=O) groups excluding carboxylic acids is 1. The van der Waals surface area contributed by atoms with Crippen LogP contribution in [0.2, 0.25) is 0 Å². The number of amides is 1. The van der Waals surface area contributed by atoms with E-state index in [4.69, 9.17) is 0 Å². The van der Waals surface area contributed by atoms with Crippen LogP contribution in [0, 0.1) is 0 Å². The van der Waals surface area contributed by atoms with Crippen molar-refractivity contribution in [1.82, 2.24) is 19.8 Å². The SMILES string of the molecule is Cl.O=C(Cn1cnc2ccc(Br)cc2c1=O)N1CCNCC1. The summed E-state index contributed by atoms with van der Waals surface area (Å²) in [5.74, 6) is -0.0465. The lowest BCUT2D eigenvalue weighted by Crippen LogP contribution is -2.48. The molecular weight excluding hydrogens is 372 g/mol. The van der Waals surface area contributed by atoms with E-state index in [1.54, 1.807) is 17.0 Å². The van der Waals surface area contributed by atoms with Gasteiger partial charge in [0.05, 0.1) is 17.2 Å². The van der Waals surface area contributed by atoms with Gasteiger partial charge in [0.1, 0.15) is 6.54 Å². The molecule has 8 heteroatoms. The van der Waals surface area contributed by atoms with Crippen LogP contribution in [0.4, 0.5) is 0 Å². The summed E-state index contributed by atoms with van der Waals surface area (Å²) < 4.78 is 2.19. The van der Waals surface area contributed by atoms with Crippen molar-refractivity contribution in [3.05, 3.63) is 39.4 Å². The molecule has 0 radical (unpaired) electrons. The van der Waals surface area contributed by atoms with Gasteiger partial charge in [-0.25, -0.2) is 4.98 Å². The Morgan fingerprint density at radius 3 is 2.77 bits per heavy atom. The van der Waals surface area contributed by atoms with Gasteiger partial charge in [0.2, 0.25) is 5.91 Å². The third-order valence-corrected chi connectivity index (χ3v) is 4.05. The third-order valence-electron chi connectivity index (χ3n) is 3.56. The van der Waals surface area contributed by atoms with Crippen LogP contribution in [0.1, 0.15) is 0 Å². The fourth-order valence-corrected chi connectivity index (χ4v) is 2.76. The lowest BCUT2D eigenvalue weighted by Gasteiger charge is -2.27. The number of hydrogen-bond donors (Lipinski definition) is 1. The predicted octanol–water partition coefficient (Wildman–Crippen LogP) is 1.01. The molecule has 0 aliphatic carbocycles. The van der Waals surface area contributed by atoms with Crippen molar-refractivity contribution in [3.8, 4) is 0 Å². The van der Waals surface area contributed by atoms with Crippen molar-refractivity contribution >= 4 is 45.1 Å². The summed E-state index contributed by atoms with van der Waals surface area (Å²) in [5.41, 5.74) is 0.443. The van der Waals surface area contributed by atoms with E-state index < -0.39 is 0 Å². The topological polar surface area (TPSA) is 67.2 Å². The van der Waals surface area contributed by atoms with Gasteiger partial charge in [0, 0.05) is 30.7 Å². The largest absolute Gasteiger partial charge is 0.339 e. The van der Waals surface area contributed by atoms with E-state index in [9.17, 15) is 9.59 Å². The second kappa shape index (κ2) is 7.21. The fraction of sp³-hybridized carbons (Fsp3) is 0.357. The van der Waals surface area contributed by atoms with Gasteiger partial charge in [-0.3, -0.25) is 14.2 Å². The molecule has 1 aliphatic heterocycles. The van der Waals surface area contributed by atoms with E-state index in [0.717, 1.165) is 17.6 Å². The highest BCUT2D eigenvalue weighted by Gasteiger charge is 2.17. The summed E-state index contributed by atoms with van der Waals surface area (Å²) in [5, 5.41) is 3.71. The minimum Gasteiger partial charge on any atom is -0.339 e. The molecule has 1 aliphatic rings. The molecule has 2 aromatic rings. The average molecular weight is 388 g/mol. The van der Waals surface area contributed by atoms with Gasteiger partial charge in [-0.2, -0.15) is 0 Å². The Morgan fingerprint density at radius 1 is 1.32 bits per heavy atom. The molecule has 1 aromatic heterocycles. The summed E-state index contributed by atoms with van der Waals surface area (Å²) >= 11 is 3.35. The molecule has 1 fully saturated rings. The van der Waals surface area contributed by atoms with Gasteiger partial charge < -0.3 is 10.2 Å². The molecule has 118 valence electrons. The van der Waals surface area contributed by atoms with Crippen LogP contribution >= 0.6 is 28.3 Å². The Bertz CT molecular complexity index is 743. The lowest BCUT2D eigenvalue weighted by molar-refractivity contribution is -0.132. The zero-order valence-corrected chi connectivity index (χ0v) is 14.2. The van der Waals surface area contributed by atoms with E-state index in [-0.39, 0.29) is 30.4 Å². The van der Waals surface area contributed by atoms with Crippen molar-refractivity contribution in [2.45, 2.75) is 6.54 Å². The van der Waals surface area contributed by atoms with Crippen LogP contribution in [0.5, 0.6) is 0 Å². The van der Waals surface area contributed by atoms with Gasteiger partial charge in [-0.1, -0.05) is 15.9 Å². The molecule has 0 atom stereocenters. The first-order valence-electron chi connectivity index (χ1n) is 6.78. The maximum absolute atomic E-state index is 12.4. The zero-order chi connectivity index (χ0) is 14.8. The van der Waals surface area contributed by atoms with Crippen molar-refractivity contribution in [1.29, 1.82) is 0 Å². The molecule has 2 heterocycles. The third kappa shape index (κ3) is 3.48. The average Bonchev–Trinajstić information content (AvgIpc) is 2.51. The molecule has 1 amide bonds. The van der Waals surface area contributed by atoms with Crippen LogP contribution in [0.25, 0.3) is 10.9 Å². The lowest BCUT2D eigenvalue weighted by atomic mass is 10.2. The smallest absolute Gasteiger partial charge is 0.261 e. The summed E-state index contributed by atoms with van der Waals surface area (Å²) in [7, 11) is 0. The normalized spacial score (nSPS) is 14.7. The molecule has 0 spiro atoms. The van der Waals surface area contributed by atoms with E-state index in [0.29, 0.717) is 24.0 Å². The highest BCUT2D eigenvalue weighted by molar-refractivity contribution is 9.10. The number of carbonyl (C=O) groups is 1. The number of benzene rings is 1. The number of aromatic nitrogens is 2. The van der Waals surface area contributed by atoms with Gasteiger partial charge in [0.15, 0.2) is 0 Å². The molecular formula is C14H16BrClN4O2. The van der Waals surface area contributed by atoms with E-state index in [1.807, 2.05) is 6.07 Å². The number of fused-ring (bicyclic) bond motifs is 1. The van der Waals surface area contributed by atoms with Crippen LogP contribution < -0.4 is 10.9 Å². The summed E-state index contributed by atoms with van der Waals surface area (Å²) in [6.07, 6.45) is 1.44. The Balaban J connectivity index is 0.00000176. The molecule has 6 nitrogen and oxygen atoms in total. The van der Waals surface area contributed by atoms with Gasteiger partial charge in [-0.15, -0.1) is 12.4 Å².